The molecule has 1 aromatic carbocycles. The summed E-state index contributed by atoms with van der Waals surface area (Å²) < 4.78 is 0. The molecule has 3 heterocycles. The van der Waals surface area contributed by atoms with E-state index in [-0.39, 0.29) is 5.91 Å². The van der Waals surface area contributed by atoms with Crippen LogP contribution in [0.25, 0.3) is 22.3 Å². The molecule has 0 aliphatic carbocycles. The topological polar surface area (TPSA) is 105 Å². The van der Waals surface area contributed by atoms with Crippen LogP contribution in [0.4, 0.5) is 5.82 Å². The Labute approximate surface area is 162 Å². The van der Waals surface area contributed by atoms with Crippen molar-refractivity contribution >= 4 is 22.6 Å². The van der Waals surface area contributed by atoms with Gasteiger partial charge in [0.25, 0.3) is 5.91 Å². The van der Waals surface area contributed by atoms with Crippen LogP contribution in [0.15, 0.2) is 36.7 Å². The number of aromatic nitrogens is 3. The third-order valence-corrected chi connectivity index (χ3v) is 4.94. The summed E-state index contributed by atoms with van der Waals surface area (Å²) in [6, 6.07) is 7.46. The molecule has 1 fully saturated rings. The van der Waals surface area contributed by atoms with E-state index in [2.05, 4.69) is 26.8 Å². The molecule has 0 unspecified atom stereocenters. The highest BCUT2D eigenvalue weighted by Crippen LogP contribution is 2.24. The molecule has 2 aromatic heterocycles. The molecule has 0 radical (unpaired) electrons. The van der Waals surface area contributed by atoms with Crippen molar-refractivity contribution in [3.63, 3.8) is 0 Å². The molecule has 1 atom stereocenters. The van der Waals surface area contributed by atoms with Gasteiger partial charge >= 0.3 is 0 Å². The minimum Gasteiger partial charge on any atom is -0.382 e. The maximum Gasteiger partial charge on any atom is 0.267 e. The summed E-state index contributed by atoms with van der Waals surface area (Å²) in [5, 5.41) is 11.3. The van der Waals surface area contributed by atoms with Crippen LogP contribution in [0.1, 0.15) is 17.5 Å². The van der Waals surface area contributed by atoms with Gasteiger partial charge in [0.15, 0.2) is 5.82 Å². The van der Waals surface area contributed by atoms with Gasteiger partial charge < -0.3 is 15.7 Å². The second-order valence-electron chi connectivity index (χ2n) is 6.94. The molecular weight excluding hydrogens is 354 g/mol. The number of amides is 1. The fourth-order valence-electron chi connectivity index (χ4n) is 3.15. The predicted molar refractivity (Wildman–Crippen MR) is 106 cm³/mol. The number of fused-ring (bicyclic) bond motifs is 1. The molecule has 3 N–H and O–H groups in total. The zero-order chi connectivity index (χ0) is 19.9. The normalized spacial score (nSPS) is 19.0. The third kappa shape index (κ3) is 3.04. The number of benzene rings is 1. The molecule has 1 amide bonds. The summed E-state index contributed by atoms with van der Waals surface area (Å²) in [6.07, 6.45) is 3.62. The van der Waals surface area contributed by atoms with Gasteiger partial charge in [-0.3, -0.25) is 4.79 Å². The Hall–Kier alpha value is -3.50. The van der Waals surface area contributed by atoms with E-state index < -0.39 is 5.60 Å². The van der Waals surface area contributed by atoms with Crippen LogP contribution in [-0.4, -0.2) is 50.1 Å². The highest BCUT2D eigenvalue weighted by Gasteiger charge is 2.42. The number of rotatable bonds is 1. The number of hydrogen-bond acceptors (Lipinski definition) is 6. The molecule has 0 spiro atoms. The number of pyridine rings is 1. The summed E-state index contributed by atoms with van der Waals surface area (Å²) in [4.78, 5) is 26.6. The summed E-state index contributed by atoms with van der Waals surface area (Å²) in [5.41, 5.74) is 7.29. The molecular formula is C21H19N5O2. The minimum atomic E-state index is -1.63. The van der Waals surface area contributed by atoms with Crippen molar-refractivity contribution in [1.29, 1.82) is 0 Å². The van der Waals surface area contributed by atoms with E-state index >= 15 is 0 Å². The van der Waals surface area contributed by atoms with E-state index in [9.17, 15) is 9.90 Å². The Kier molecular flexibility index (Phi) is 4.21. The molecule has 4 rings (SSSR count). The largest absolute Gasteiger partial charge is 0.382 e. The smallest absolute Gasteiger partial charge is 0.267 e. The first kappa shape index (κ1) is 17.9. The van der Waals surface area contributed by atoms with Gasteiger partial charge in [-0.1, -0.05) is 24.0 Å². The molecule has 28 heavy (non-hydrogen) atoms. The fourth-order valence-corrected chi connectivity index (χ4v) is 3.15. The lowest BCUT2D eigenvalue weighted by Crippen LogP contribution is -2.37. The number of likely N-dealkylation sites (N-methyl/N-ethyl adjacent to an activating group) is 1. The monoisotopic (exact) mass is 373 g/mol. The maximum absolute atomic E-state index is 12.1. The molecule has 140 valence electrons. The van der Waals surface area contributed by atoms with Crippen LogP contribution in [-0.2, 0) is 4.79 Å². The third-order valence-electron chi connectivity index (χ3n) is 4.94. The molecule has 7 heteroatoms. The fraction of sp³-hybridized carbons (Fsp3) is 0.238. The van der Waals surface area contributed by atoms with E-state index in [1.807, 2.05) is 25.1 Å². The minimum absolute atomic E-state index is 0.300. The van der Waals surface area contributed by atoms with Gasteiger partial charge in [0, 0.05) is 48.9 Å². The Morgan fingerprint density at radius 3 is 2.86 bits per heavy atom. The highest BCUT2D eigenvalue weighted by molar-refractivity contribution is 5.90. The standard InChI is InChI=1S/C21H19N5O2/c1-13-3-4-15(19-24-12-16-6-9-23-18(22)17(16)25-19)11-14(13)5-7-21(28)8-10-26(2)20(21)27/h3-4,6,9,11-12,28H,8,10H2,1-2H3,(H2,22,23)/t21-/m1/s1. The van der Waals surface area contributed by atoms with Crippen molar-refractivity contribution in [2.45, 2.75) is 18.9 Å². The van der Waals surface area contributed by atoms with E-state index in [1.54, 1.807) is 25.5 Å². The van der Waals surface area contributed by atoms with Gasteiger partial charge in [-0.2, -0.15) is 0 Å². The second kappa shape index (κ2) is 6.59. The van der Waals surface area contributed by atoms with Gasteiger partial charge in [0.2, 0.25) is 5.60 Å². The Morgan fingerprint density at radius 1 is 1.29 bits per heavy atom. The van der Waals surface area contributed by atoms with E-state index in [4.69, 9.17) is 5.73 Å². The quantitative estimate of drug-likeness (QED) is 0.627. The highest BCUT2D eigenvalue weighted by atomic mass is 16.3. The first-order valence-corrected chi connectivity index (χ1v) is 8.87. The lowest BCUT2D eigenvalue weighted by Gasteiger charge is -2.13. The van der Waals surface area contributed by atoms with Crippen molar-refractivity contribution in [3.05, 3.63) is 47.8 Å². The van der Waals surface area contributed by atoms with Gasteiger partial charge in [0.05, 0.1) is 0 Å². The average molecular weight is 373 g/mol. The second-order valence-corrected chi connectivity index (χ2v) is 6.94. The number of likely N-dealkylation sites (tertiary alicyclic amines) is 1. The number of aryl methyl sites for hydroxylation is 1. The van der Waals surface area contributed by atoms with Crippen LogP contribution in [0, 0.1) is 18.8 Å². The van der Waals surface area contributed by atoms with Gasteiger partial charge in [-0.25, -0.2) is 15.0 Å². The van der Waals surface area contributed by atoms with Gasteiger partial charge in [-0.15, -0.1) is 0 Å². The van der Waals surface area contributed by atoms with Crippen LogP contribution in [0.2, 0.25) is 0 Å². The Balaban J connectivity index is 1.74. The molecule has 1 aliphatic rings. The maximum atomic E-state index is 12.1. The summed E-state index contributed by atoms with van der Waals surface area (Å²) in [5.74, 6) is 6.21. The van der Waals surface area contributed by atoms with Crippen LogP contribution >= 0.6 is 0 Å². The number of anilines is 1. The van der Waals surface area contributed by atoms with Crippen molar-refractivity contribution in [2.24, 2.45) is 0 Å². The lowest BCUT2D eigenvalue weighted by molar-refractivity contribution is -0.137. The summed E-state index contributed by atoms with van der Waals surface area (Å²) >= 11 is 0. The predicted octanol–water partition coefficient (Wildman–Crippen LogP) is 1.53. The number of aliphatic hydroxyl groups is 1. The summed E-state index contributed by atoms with van der Waals surface area (Å²) in [7, 11) is 1.66. The molecule has 1 saturated heterocycles. The zero-order valence-electron chi connectivity index (χ0n) is 15.6. The average Bonchev–Trinajstić information content (AvgIpc) is 2.95. The number of carbonyl (C=O) groups excluding carboxylic acids is 1. The number of nitrogen functional groups attached to an aromatic ring is 1. The van der Waals surface area contributed by atoms with Crippen LogP contribution < -0.4 is 5.73 Å². The molecule has 0 bridgehead atoms. The molecule has 3 aromatic rings. The van der Waals surface area contributed by atoms with Crippen molar-refractivity contribution in [2.75, 3.05) is 19.3 Å². The number of nitrogens with zero attached hydrogens (tertiary/aromatic N) is 4. The van der Waals surface area contributed by atoms with Gasteiger partial charge in [-0.05, 0) is 24.6 Å². The van der Waals surface area contributed by atoms with E-state index in [0.29, 0.717) is 35.7 Å². The first-order chi connectivity index (χ1) is 13.4. The number of carbonyl (C=O) groups is 1. The van der Waals surface area contributed by atoms with Crippen LogP contribution in [0.3, 0.4) is 0 Å². The Morgan fingerprint density at radius 2 is 2.11 bits per heavy atom. The Bertz CT molecular complexity index is 1160. The number of nitrogens with two attached hydrogens (primary N) is 1. The van der Waals surface area contributed by atoms with Crippen LogP contribution in [0.5, 0.6) is 0 Å². The molecule has 7 nitrogen and oxygen atoms in total. The van der Waals surface area contributed by atoms with E-state index in [1.165, 1.54) is 4.90 Å². The zero-order valence-corrected chi connectivity index (χ0v) is 15.6. The summed E-state index contributed by atoms with van der Waals surface area (Å²) in [6.45, 7) is 2.41. The molecule has 1 aliphatic heterocycles. The SMILES string of the molecule is Cc1ccc(-c2ncc3ccnc(N)c3n2)cc1C#C[C@@]1(O)CCN(C)C1=O. The van der Waals surface area contributed by atoms with Crippen molar-refractivity contribution < 1.29 is 9.90 Å². The first-order valence-electron chi connectivity index (χ1n) is 8.87. The number of hydrogen-bond donors (Lipinski definition) is 2. The van der Waals surface area contributed by atoms with Crippen molar-refractivity contribution in [3.8, 4) is 23.2 Å². The lowest BCUT2D eigenvalue weighted by atomic mass is 10.0. The van der Waals surface area contributed by atoms with E-state index in [0.717, 1.165) is 16.5 Å². The van der Waals surface area contributed by atoms with Crippen molar-refractivity contribution in [1.82, 2.24) is 19.9 Å². The van der Waals surface area contributed by atoms with Gasteiger partial charge in [0.1, 0.15) is 11.3 Å². The molecule has 0 saturated carbocycles.